The highest BCUT2D eigenvalue weighted by Gasteiger charge is 2.17. The fraction of sp³-hybridized carbons (Fsp3) is 0.909. The SMILES string of the molecule is CN(CCCl)C(=O)CCC1CCCC1. The quantitative estimate of drug-likeness (QED) is 0.649. The van der Waals surface area contributed by atoms with E-state index in [-0.39, 0.29) is 5.91 Å². The van der Waals surface area contributed by atoms with Crippen LogP contribution in [0.25, 0.3) is 0 Å². The number of hydrogen-bond donors (Lipinski definition) is 0. The van der Waals surface area contributed by atoms with Crippen molar-refractivity contribution in [2.75, 3.05) is 19.5 Å². The summed E-state index contributed by atoms with van der Waals surface area (Å²) in [5, 5.41) is 0. The van der Waals surface area contributed by atoms with Crippen molar-refractivity contribution in [2.45, 2.75) is 38.5 Å². The standard InChI is InChI=1S/C11H20ClNO/c1-13(9-8-12)11(14)7-6-10-4-2-3-5-10/h10H,2-9H2,1H3. The first-order valence-corrected chi connectivity index (χ1v) is 6.07. The first kappa shape index (κ1) is 11.8. The second kappa shape index (κ2) is 6.28. The molecule has 0 aromatic carbocycles. The van der Waals surface area contributed by atoms with Gasteiger partial charge in [0, 0.05) is 25.9 Å². The van der Waals surface area contributed by atoms with E-state index in [2.05, 4.69) is 0 Å². The molecule has 0 aromatic heterocycles. The lowest BCUT2D eigenvalue weighted by atomic mass is 10.0. The monoisotopic (exact) mass is 217 g/mol. The molecule has 0 aliphatic heterocycles. The van der Waals surface area contributed by atoms with Crippen molar-refractivity contribution in [1.82, 2.24) is 4.90 Å². The van der Waals surface area contributed by atoms with Crippen LogP contribution in [0.5, 0.6) is 0 Å². The Morgan fingerprint density at radius 2 is 2.07 bits per heavy atom. The van der Waals surface area contributed by atoms with Crippen molar-refractivity contribution in [3.63, 3.8) is 0 Å². The first-order chi connectivity index (χ1) is 6.74. The second-order valence-electron chi connectivity index (χ2n) is 4.19. The number of carbonyl (C=O) groups excluding carboxylic acids is 1. The maximum atomic E-state index is 11.6. The van der Waals surface area contributed by atoms with Gasteiger partial charge in [-0.15, -0.1) is 11.6 Å². The Morgan fingerprint density at radius 3 is 2.64 bits per heavy atom. The molecule has 1 saturated carbocycles. The molecule has 0 aromatic rings. The van der Waals surface area contributed by atoms with Crippen molar-refractivity contribution in [1.29, 1.82) is 0 Å². The smallest absolute Gasteiger partial charge is 0.222 e. The van der Waals surface area contributed by atoms with Gasteiger partial charge in [-0.05, 0) is 12.3 Å². The number of rotatable bonds is 5. The highest BCUT2D eigenvalue weighted by molar-refractivity contribution is 6.18. The summed E-state index contributed by atoms with van der Waals surface area (Å²) in [7, 11) is 1.83. The van der Waals surface area contributed by atoms with Crippen molar-refractivity contribution in [3.8, 4) is 0 Å². The van der Waals surface area contributed by atoms with E-state index in [0.29, 0.717) is 18.8 Å². The molecule has 0 unspecified atom stereocenters. The molecule has 0 spiro atoms. The summed E-state index contributed by atoms with van der Waals surface area (Å²) in [6.07, 6.45) is 7.15. The molecule has 14 heavy (non-hydrogen) atoms. The van der Waals surface area contributed by atoms with E-state index < -0.39 is 0 Å². The van der Waals surface area contributed by atoms with E-state index in [0.717, 1.165) is 12.3 Å². The Hall–Kier alpha value is -0.240. The minimum absolute atomic E-state index is 0.248. The van der Waals surface area contributed by atoms with Crippen LogP contribution in [0.15, 0.2) is 0 Å². The number of hydrogen-bond acceptors (Lipinski definition) is 1. The molecular formula is C11H20ClNO. The molecule has 0 radical (unpaired) electrons. The molecule has 0 N–H and O–H groups in total. The van der Waals surface area contributed by atoms with Crippen molar-refractivity contribution >= 4 is 17.5 Å². The zero-order valence-electron chi connectivity index (χ0n) is 8.97. The highest BCUT2D eigenvalue weighted by atomic mass is 35.5. The fourth-order valence-electron chi connectivity index (χ4n) is 2.07. The van der Waals surface area contributed by atoms with Gasteiger partial charge in [0.2, 0.25) is 5.91 Å². The van der Waals surface area contributed by atoms with Crippen LogP contribution < -0.4 is 0 Å². The van der Waals surface area contributed by atoms with E-state index in [9.17, 15) is 4.79 Å². The van der Waals surface area contributed by atoms with Crippen molar-refractivity contribution in [3.05, 3.63) is 0 Å². The summed E-state index contributed by atoms with van der Waals surface area (Å²) in [6, 6.07) is 0. The number of nitrogens with zero attached hydrogens (tertiary/aromatic N) is 1. The van der Waals surface area contributed by atoms with Crippen LogP contribution in [-0.2, 0) is 4.79 Å². The fourth-order valence-corrected chi connectivity index (χ4v) is 2.32. The van der Waals surface area contributed by atoms with Gasteiger partial charge in [-0.3, -0.25) is 4.79 Å². The Balaban J connectivity index is 2.13. The third-order valence-corrected chi connectivity index (χ3v) is 3.26. The minimum atomic E-state index is 0.248. The topological polar surface area (TPSA) is 20.3 Å². The summed E-state index contributed by atoms with van der Waals surface area (Å²) in [4.78, 5) is 13.3. The molecule has 0 atom stereocenters. The zero-order chi connectivity index (χ0) is 10.4. The van der Waals surface area contributed by atoms with Gasteiger partial charge in [0.15, 0.2) is 0 Å². The van der Waals surface area contributed by atoms with Crippen LogP contribution in [0, 0.1) is 5.92 Å². The normalized spacial score (nSPS) is 17.3. The average Bonchev–Trinajstić information content (AvgIpc) is 2.67. The number of alkyl halides is 1. The molecule has 1 fully saturated rings. The van der Waals surface area contributed by atoms with E-state index in [4.69, 9.17) is 11.6 Å². The lowest BCUT2D eigenvalue weighted by Crippen LogP contribution is -2.28. The van der Waals surface area contributed by atoms with Crippen molar-refractivity contribution < 1.29 is 4.79 Å². The number of halogens is 1. The maximum absolute atomic E-state index is 11.6. The minimum Gasteiger partial charge on any atom is -0.345 e. The summed E-state index contributed by atoms with van der Waals surface area (Å²) >= 11 is 5.57. The molecule has 1 rings (SSSR count). The highest BCUT2D eigenvalue weighted by Crippen LogP contribution is 2.28. The van der Waals surface area contributed by atoms with Gasteiger partial charge in [-0.2, -0.15) is 0 Å². The van der Waals surface area contributed by atoms with Crippen LogP contribution in [0.3, 0.4) is 0 Å². The van der Waals surface area contributed by atoms with Gasteiger partial charge < -0.3 is 4.90 Å². The molecule has 3 heteroatoms. The molecule has 82 valence electrons. The van der Waals surface area contributed by atoms with Gasteiger partial charge >= 0.3 is 0 Å². The molecule has 1 aliphatic rings. The molecule has 0 saturated heterocycles. The van der Waals surface area contributed by atoms with Gasteiger partial charge in [0.05, 0.1) is 0 Å². The predicted octanol–water partition coefficient (Wildman–Crippen LogP) is 2.65. The molecule has 1 aliphatic carbocycles. The number of amides is 1. The zero-order valence-corrected chi connectivity index (χ0v) is 9.72. The lowest BCUT2D eigenvalue weighted by Gasteiger charge is -2.16. The Labute approximate surface area is 91.6 Å². The summed E-state index contributed by atoms with van der Waals surface area (Å²) in [6.45, 7) is 0.672. The average molecular weight is 218 g/mol. The van der Waals surface area contributed by atoms with Crippen LogP contribution in [-0.4, -0.2) is 30.3 Å². The van der Waals surface area contributed by atoms with Gasteiger partial charge in [0.1, 0.15) is 0 Å². The molecular weight excluding hydrogens is 198 g/mol. The lowest BCUT2D eigenvalue weighted by molar-refractivity contribution is -0.129. The van der Waals surface area contributed by atoms with Crippen molar-refractivity contribution in [2.24, 2.45) is 5.92 Å². The number of carbonyl (C=O) groups is 1. The summed E-state index contributed by atoms with van der Waals surface area (Å²) < 4.78 is 0. The largest absolute Gasteiger partial charge is 0.345 e. The van der Waals surface area contributed by atoms with Gasteiger partial charge in [-0.1, -0.05) is 25.7 Å². The Kier molecular flexibility index (Phi) is 5.31. The first-order valence-electron chi connectivity index (χ1n) is 5.54. The van der Waals surface area contributed by atoms with E-state index in [1.165, 1.54) is 25.7 Å². The molecule has 1 amide bonds. The van der Waals surface area contributed by atoms with Crippen LogP contribution in [0.1, 0.15) is 38.5 Å². The van der Waals surface area contributed by atoms with Crippen LogP contribution in [0.4, 0.5) is 0 Å². The molecule has 2 nitrogen and oxygen atoms in total. The van der Waals surface area contributed by atoms with E-state index in [1.54, 1.807) is 4.90 Å². The van der Waals surface area contributed by atoms with Crippen LogP contribution in [0.2, 0.25) is 0 Å². The van der Waals surface area contributed by atoms with E-state index >= 15 is 0 Å². The Morgan fingerprint density at radius 1 is 1.43 bits per heavy atom. The van der Waals surface area contributed by atoms with Gasteiger partial charge in [-0.25, -0.2) is 0 Å². The van der Waals surface area contributed by atoms with Gasteiger partial charge in [0.25, 0.3) is 0 Å². The van der Waals surface area contributed by atoms with E-state index in [1.807, 2.05) is 7.05 Å². The summed E-state index contributed by atoms with van der Waals surface area (Å²) in [5.74, 6) is 1.59. The summed E-state index contributed by atoms with van der Waals surface area (Å²) in [5.41, 5.74) is 0. The maximum Gasteiger partial charge on any atom is 0.222 e. The van der Waals surface area contributed by atoms with Crippen LogP contribution >= 0.6 is 11.6 Å². The third-order valence-electron chi connectivity index (χ3n) is 3.09. The molecule has 0 bridgehead atoms. The predicted molar refractivity (Wildman–Crippen MR) is 59.5 cm³/mol. The third kappa shape index (κ3) is 3.87. The molecule has 0 heterocycles. The Bertz CT molecular complexity index is 178. The second-order valence-corrected chi connectivity index (χ2v) is 4.57.